The maximum Gasteiger partial charge on any atom is 0.211 e. The Hall–Kier alpha value is -1.82. The molecule has 7 heteroatoms. The van der Waals surface area contributed by atoms with E-state index in [9.17, 15) is 0 Å². The van der Waals surface area contributed by atoms with Crippen LogP contribution in [0.4, 0.5) is 5.95 Å². The molecule has 0 amide bonds. The fraction of sp³-hybridized carbons (Fsp3) is 0.478. The Kier molecular flexibility index (Phi) is 4.96. The van der Waals surface area contributed by atoms with E-state index in [0.717, 1.165) is 66.7 Å². The number of anilines is 1. The van der Waals surface area contributed by atoms with Crippen molar-refractivity contribution in [3.05, 3.63) is 46.3 Å². The van der Waals surface area contributed by atoms with Crippen LogP contribution in [0, 0.1) is 18.3 Å². The zero-order valence-electron chi connectivity index (χ0n) is 17.4. The molecule has 1 saturated heterocycles. The fourth-order valence-corrected chi connectivity index (χ4v) is 6.04. The average molecular weight is 444 g/mol. The first-order chi connectivity index (χ1) is 14.4. The van der Waals surface area contributed by atoms with Crippen LogP contribution in [0.3, 0.4) is 0 Å². The summed E-state index contributed by atoms with van der Waals surface area (Å²) in [6, 6.07) is 6.00. The van der Waals surface area contributed by atoms with Crippen molar-refractivity contribution in [1.82, 2.24) is 14.4 Å². The van der Waals surface area contributed by atoms with Crippen molar-refractivity contribution in [1.29, 1.82) is 0 Å². The third-order valence-corrected chi connectivity index (χ3v) is 7.99. The molecule has 1 aromatic carbocycles. The second-order valence-electron chi connectivity index (χ2n) is 9.10. The van der Waals surface area contributed by atoms with E-state index in [1.165, 1.54) is 6.42 Å². The molecule has 0 unspecified atom stereocenters. The highest BCUT2D eigenvalue weighted by molar-refractivity contribution is 6.43. The Bertz CT molecular complexity index is 1100. The highest BCUT2D eigenvalue weighted by Gasteiger charge is 2.46. The zero-order chi connectivity index (χ0) is 21.0. The van der Waals surface area contributed by atoms with Crippen LogP contribution in [0.2, 0.25) is 10.0 Å². The zero-order valence-corrected chi connectivity index (χ0v) is 18.9. The first-order valence-electron chi connectivity index (χ1n) is 10.7. The molecule has 158 valence electrons. The number of rotatable bonds is 2. The monoisotopic (exact) mass is 443 g/mol. The van der Waals surface area contributed by atoms with Gasteiger partial charge in [-0.2, -0.15) is 0 Å². The topological polar surface area (TPSA) is 59.5 Å². The van der Waals surface area contributed by atoms with Gasteiger partial charge in [-0.1, -0.05) is 42.3 Å². The Morgan fingerprint density at radius 1 is 1.20 bits per heavy atom. The summed E-state index contributed by atoms with van der Waals surface area (Å²) < 4.78 is 2.08. The van der Waals surface area contributed by atoms with Crippen molar-refractivity contribution < 1.29 is 0 Å². The van der Waals surface area contributed by atoms with Gasteiger partial charge in [0.15, 0.2) is 0 Å². The van der Waals surface area contributed by atoms with Crippen LogP contribution in [0.5, 0.6) is 0 Å². The first-order valence-corrected chi connectivity index (χ1v) is 11.4. The van der Waals surface area contributed by atoms with E-state index in [-0.39, 0.29) is 0 Å². The fourth-order valence-electron chi connectivity index (χ4n) is 5.65. The van der Waals surface area contributed by atoms with Gasteiger partial charge in [0.2, 0.25) is 5.95 Å². The number of benzene rings is 1. The van der Waals surface area contributed by atoms with Crippen molar-refractivity contribution in [2.75, 3.05) is 18.0 Å². The standard InChI is InChI=1S/C23H27Cl2N5/c1-14-12-18(26)23(13-14)6-9-29(10-7-23)22-28-15(2)19(21-27-8-11-30(21)22)16-4-3-5-17(24)20(16)25/h3-5,8,11,14,18H,6-7,9-10,12-13,26H2,1-2H3/t14-,18+/m0/s1. The molecule has 3 heterocycles. The summed E-state index contributed by atoms with van der Waals surface area (Å²) in [6.45, 7) is 6.29. The van der Waals surface area contributed by atoms with Gasteiger partial charge in [-0.15, -0.1) is 0 Å². The van der Waals surface area contributed by atoms with E-state index in [2.05, 4.69) is 21.2 Å². The second kappa shape index (κ2) is 7.40. The number of nitrogens with zero attached hydrogens (tertiary/aromatic N) is 4. The van der Waals surface area contributed by atoms with Gasteiger partial charge in [0.25, 0.3) is 0 Å². The van der Waals surface area contributed by atoms with E-state index in [1.54, 1.807) is 6.07 Å². The lowest BCUT2D eigenvalue weighted by molar-refractivity contribution is 0.192. The largest absolute Gasteiger partial charge is 0.342 e. The molecule has 3 aromatic rings. The molecule has 30 heavy (non-hydrogen) atoms. The van der Waals surface area contributed by atoms with Crippen LogP contribution in [-0.4, -0.2) is 33.5 Å². The lowest BCUT2D eigenvalue weighted by Gasteiger charge is -2.42. The van der Waals surface area contributed by atoms with Crippen molar-refractivity contribution in [2.45, 2.75) is 45.6 Å². The summed E-state index contributed by atoms with van der Waals surface area (Å²) in [7, 11) is 0. The van der Waals surface area contributed by atoms with Crippen LogP contribution in [0.15, 0.2) is 30.6 Å². The molecule has 0 radical (unpaired) electrons. The molecule has 2 atom stereocenters. The summed E-state index contributed by atoms with van der Waals surface area (Å²) in [5.41, 5.74) is 10.4. The molecule has 1 aliphatic carbocycles. The van der Waals surface area contributed by atoms with Crippen LogP contribution < -0.4 is 10.6 Å². The lowest BCUT2D eigenvalue weighted by atomic mass is 9.74. The van der Waals surface area contributed by atoms with Crippen LogP contribution in [0.25, 0.3) is 16.8 Å². The summed E-state index contributed by atoms with van der Waals surface area (Å²) in [4.78, 5) is 12.0. The minimum absolute atomic E-state index is 0.299. The number of imidazole rings is 1. The van der Waals surface area contributed by atoms with Gasteiger partial charge < -0.3 is 10.6 Å². The highest BCUT2D eigenvalue weighted by Crippen LogP contribution is 2.48. The minimum Gasteiger partial charge on any atom is -0.342 e. The SMILES string of the molecule is Cc1nc(N2CCC3(CC2)C[C@@H](C)C[C@H]3N)n2ccnc2c1-c1cccc(Cl)c1Cl. The van der Waals surface area contributed by atoms with Crippen molar-refractivity contribution in [3.8, 4) is 11.1 Å². The predicted molar refractivity (Wildman–Crippen MR) is 123 cm³/mol. The molecule has 0 bridgehead atoms. The number of hydrogen-bond acceptors (Lipinski definition) is 4. The third-order valence-electron chi connectivity index (χ3n) is 7.17. The van der Waals surface area contributed by atoms with Crippen molar-refractivity contribution >= 4 is 34.8 Å². The molecule has 2 N–H and O–H groups in total. The van der Waals surface area contributed by atoms with Gasteiger partial charge in [-0.05, 0) is 50.0 Å². The quantitative estimate of drug-likeness (QED) is 0.579. The molecule has 5 rings (SSSR count). The van der Waals surface area contributed by atoms with Gasteiger partial charge in [0, 0.05) is 42.7 Å². The third kappa shape index (κ3) is 3.10. The summed E-state index contributed by atoms with van der Waals surface area (Å²) in [5.74, 6) is 1.67. The molecule has 2 aliphatic rings. The summed E-state index contributed by atoms with van der Waals surface area (Å²) >= 11 is 12.8. The molecule has 1 spiro atoms. The lowest BCUT2D eigenvalue weighted by Crippen LogP contribution is -2.47. The number of aryl methyl sites for hydroxylation is 1. The number of nitrogens with two attached hydrogens (primary N) is 1. The van der Waals surface area contributed by atoms with E-state index < -0.39 is 0 Å². The average Bonchev–Trinajstić information content (AvgIpc) is 3.29. The molecule has 2 aromatic heterocycles. The molecule has 2 fully saturated rings. The van der Waals surface area contributed by atoms with Crippen molar-refractivity contribution in [2.24, 2.45) is 17.1 Å². The Morgan fingerprint density at radius 2 is 1.97 bits per heavy atom. The van der Waals surface area contributed by atoms with E-state index in [4.69, 9.17) is 33.9 Å². The summed E-state index contributed by atoms with van der Waals surface area (Å²) in [6.07, 6.45) is 8.45. The number of halogens is 2. The maximum absolute atomic E-state index is 6.56. The number of hydrogen-bond donors (Lipinski definition) is 1. The maximum atomic E-state index is 6.56. The van der Waals surface area contributed by atoms with Gasteiger partial charge in [-0.3, -0.25) is 4.40 Å². The smallest absolute Gasteiger partial charge is 0.211 e. The number of piperidine rings is 1. The van der Waals surface area contributed by atoms with E-state index in [0.29, 0.717) is 21.5 Å². The van der Waals surface area contributed by atoms with E-state index >= 15 is 0 Å². The van der Waals surface area contributed by atoms with Crippen molar-refractivity contribution in [3.63, 3.8) is 0 Å². The molecular formula is C23H27Cl2N5. The molecule has 1 saturated carbocycles. The molecular weight excluding hydrogens is 417 g/mol. The van der Waals surface area contributed by atoms with Crippen LogP contribution >= 0.6 is 23.2 Å². The number of fused-ring (bicyclic) bond motifs is 1. The normalized spacial score (nSPS) is 23.6. The van der Waals surface area contributed by atoms with Gasteiger partial charge in [0.1, 0.15) is 5.65 Å². The van der Waals surface area contributed by atoms with Gasteiger partial charge in [0.05, 0.1) is 15.7 Å². The molecule has 5 nitrogen and oxygen atoms in total. The summed E-state index contributed by atoms with van der Waals surface area (Å²) in [5, 5.41) is 1.07. The minimum atomic E-state index is 0.299. The van der Waals surface area contributed by atoms with Gasteiger partial charge >= 0.3 is 0 Å². The first kappa shape index (κ1) is 20.1. The Morgan fingerprint density at radius 3 is 2.67 bits per heavy atom. The van der Waals surface area contributed by atoms with E-state index in [1.807, 2.05) is 31.5 Å². The predicted octanol–water partition coefficient (Wildman–Crippen LogP) is 5.36. The van der Waals surface area contributed by atoms with Crippen LogP contribution in [-0.2, 0) is 0 Å². The molecule has 1 aliphatic heterocycles. The second-order valence-corrected chi connectivity index (χ2v) is 9.88. The highest BCUT2D eigenvalue weighted by atomic mass is 35.5. The Balaban J connectivity index is 1.52. The van der Waals surface area contributed by atoms with Gasteiger partial charge in [-0.25, -0.2) is 9.97 Å². The number of aromatic nitrogens is 3. The van der Waals surface area contributed by atoms with Crippen LogP contribution in [0.1, 0.15) is 38.3 Å². The Labute approximate surface area is 187 Å².